The van der Waals surface area contributed by atoms with Crippen LogP contribution in [0.5, 0.6) is 0 Å². The van der Waals surface area contributed by atoms with E-state index in [9.17, 15) is 4.79 Å². The molecule has 0 aliphatic heterocycles. The number of carbonyl (C=O) groups excluding carboxylic acids is 1. The molecule has 1 atom stereocenters. The van der Waals surface area contributed by atoms with Crippen LogP contribution in [0.4, 0.5) is 0 Å². The zero-order valence-corrected chi connectivity index (χ0v) is 11.9. The second-order valence-corrected chi connectivity index (χ2v) is 4.76. The van der Waals surface area contributed by atoms with Crippen molar-refractivity contribution in [1.82, 2.24) is 0 Å². The summed E-state index contributed by atoms with van der Waals surface area (Å²) in [6.07, 6.45) is 7.32. The van der Waals surface area contributed by atoms with Crippen LogP contribution in [0, 0.1) is 5.92 Å². The molecule has 2 heteroatoms. The summed E-state index contributed by atoms with van der Waals surface area (Å²) in [7, 11) is 0. The third-order valence-corrected chi connectivity index (χ3v) is 2.60. The molecule has 0 bridgehead atoms. The van der Waals surface area contributed by atoms with Crippen LogP contribution in [-0.2, 0) is 9.53 Å². The Hall–Kier alpha value is -1.05. The third kappa shape index (κ3) is 8.73. The van der Waals surface area contributed by atoms with Gasteiger partial charge in [-0.3, -0.25) is 4.79 Å². The molecule has 0 aromatic rings. The van der Waals surface area contributed by atoms with E-state index < -0.39 is 0 Å². The molecule has 0 N–H and O–H groups in total. The van der Waals surface area contributed by atoms with E-state index in [0.29, 0.717) is 6.61 Å². The molecule has 0 aliphatic rings. The summed E-state index contributed by atoms with van der Waals surface area (Å²) in [6, 6.07) is 0. The molecule has 0 radical (unpaired) electrons. The average Bonchev–Trinajstić information content (AvgIpc) is 2.25. The topological polar surface area (TPSA) is 26.3 Å². The van der Waals surface area contributed by atoms with Crippen molar-refractivity contribution < 1.29 is 9.53 Å². The first-order valence-electron chi connectivity index (χ1n) is 6.43. The molecule has 0 aliphatic carbocycles. The fourth-order valence-electron chi connectivity index (χ4n) is 1.45. The smallest absolute Gasteiger partial charge is 0.308 e. The van der Waals surface area contributed by atoms with Gasteiger partial charge in [0.2, 0.25) is 0 Å². The molecule has 0 fully saturated rings. The summed E-state index contributed by atoms with van der Waals surface area (Å²) in [4.78, 5) is 11.4. The van der Waals surface area contributed by atoms with E-state index in [1.807, 2.05) is 13.8 Å². The maximum absolute atomic E-state index is 11.4. The predicted molar refractivity (Wildman–Crippen MR) is 72.8 cm³/mol. The van der Waals surface area contributed by atoms with E-state index >= 15 is 0 Å². The Morgan fingerprint density at radius 2 is 1.88 bits per heavy atom. The van der Waals surface area contributed by atoms with Gasteiger partial charge in [0.05, 0.1) is 12.5 Å². The van der Waals surface area contributed by atoms with Gasteiger partial charge in [-0.1, -0.05) is 30.2 Å². The van der Waals surface area contributed by atoms with E-state index in [1.165, 1.54) is 11.1 Å². The molecule has 0 aromatic heterocycles. The summed E-state index contributed by atoms with van der Waals surface area (Å²) >= 11 is 0. The minimum atomic E-state index is -0.0964. The first-order chi connectivity index (χ1) is 7.97. The Kier molecular flexibility index (Phi) is 8.47. The molecule has 1 unspecified atom stereocenters. The predicted octanol–water partition coefficient (Wildman–Crippen LogP) is 4.27. The normalized spacial score (nSPS) is 13.1. The first kappa shape index (κ1) is 16.0. The van der Waals surface area contributed by atoms with Gasteiger partial charge in [0, 0.05) is 0 Å². The third-order valence-electron chi connectivity index (χ3n) is 2.60. The minimum Gasteiger partial charge on any atom is -0.466 e. The highest BCUT2D eigenvalue weighted by Gasteiger charge is 2.11. The number of hydrogen-bond acceptors (Lipinski definition) is 2. The molecular weight excluding hydrogens is 212 g/mol. The monoisotopic (exact) mass is 238 g/mol. The number of esters is 1. The summed E-state index contributed by atoms with van der Waals surface area (Å²) in [5, 5.41) is 0. The van der Waals surface area contributed by atoms with Crippen molar-refractivity contribution in [2.45, 2.75) is 53.9 Å². The Bertz CT molecular complexity index is 283. The molecule has 0 heterocycles. The van der Waals surface area contributed by atoms with Crippen molar-refractivity contribution in [3.8, 4) is 0 Å². The van der Waals surface area contributed by atoms with Gasteiger partial charge in [-0.15, -0.1) is 0 Å². The lowest BCUT2D eigenvalue weighted by Gasteiger charge is -2.08. The van der Waals surface area contributed by atoms with Crippen molar-refractivity contribution >= 4 is 5.97 Å². The molecule has 0 spiro atoms. The Balaban J connectivity index is 3.97. The zero-order chi connectivity index (χ0) is 13.3. The molecule has 0 amide bonds. The van der Waals surface area contributed by atoms with Gasteiger partial charge in [-0.2, -0.15) is 0 Å². The molecule has 0 saturated heterocycles. The molecule has 2 nitrogen and oxygen atoms in total. The number of hydrogen-bond donors (Lipinski definition) is 0. The Labute approximate surface area is 106 Å². The standard InChI is InChI=1S/C15H26O2/c1-6-17-15(16)14(5)11-10-13(4)9-7-8-12(2)3/h8,10,14H,6-7,9,11H2,1-5H3/b13-10+. The lowest BCUT2D eigenvalue weighted by molar-refractivity contribution is -0.147. The van der Waals surface area contributed by atoms with Gasteiger partial charge >= 0.3 is 5.97 Å². The van der Waals surface area contributed by atoms with Crippen molar-refractivity contribution in [2.75, 3.05) is 6.61 Å². The van der Waals surface area contributed by atoms with Crippen LogP contribution in [0.25, 0.3) is 0 Å². The van der Waals surface area contributed by atoms with Crippen molar-refractivity contribution in [3.05, 3.63) is 23.3 Å². The van der Waals surface area contributed by atoms with Crippen LogP contribution in [-0.4, -0.2) is 12.6 Å². The van der Waals surface area contributed by atoms with Crippen LogP contribution < -0.4 is 0 Å². The minimum absolute atomic E-state index is 0.0339. The Morgan fingerprint density at radius 1 is 1.24 bits per heavy atom. The highest BCUT2D eigenvalue weighted by molar-refractivity contribution is 5.72. The molecule has 98 valence electrons. The summed E-state index contributed by atoms with van der Waals surface area (Å²) < 4.78 is 4.97. The van der Waals surface area contributed by atoms with E-state index in [-0.39, 0.29) is 11.9 Å². The SMILES string of the molecule is CCOC(=O)C(C)C/C=C(\C)CCC=C(C)C. The van der Waals surface area contributed by atoms with Crippen LogP contribution in [0.3, 0.4) is 0 Å². The van der Waals surface area contributed by atoms with Crippen molar-refractivity contribution in [1.29, 1.82) is 0 Å². The number of rotatable bonds is 7. The fraction of sp³-hybridized carbons (Fsp3) is 0.667. The highest BCUT2D eigenvalue weighted by Crippen LogP contribution is 2.12. The lowest BCUT2D eigenvalue weighted by atomic mass is 10.0. The largest absolute Gasteiger partial charge is 0.466 e. The quantitative estimate of drug-likeness (QED) is 0.489. The van der Waals surface area contributed by atoms with E-state index in [4.69, 9.17) is 4.74 Å². The average molecular weight is 238 g/mol. The van der Waals surface area contributed by atoms with Crippen LogP contribution in [0.15, 0.2) is 23.3 Å². The second-order valence-electron chi connectivity index (χ2n) is 4.76. The summed E-state index contributed by atoms with van der Waals surface area (Å²) in [6.45, 7) is 10.6. The van der Waals surface area contributed by atoms with Gasteiger partial charge < -0.3 is 4.74 Å². The summed E-state index contributed by atoms with van der Waals surface area (Å²) in [5.41, 5.74) is 2.70. The molecule has 0 saturated carbocycles. The summed E-state index contributed by atoms with van der Waals surface area (Å²) in [5.74, 6) is -0.130. The number of carbonyl (C=O) groups is 1. The maximum Gasteiger partial charge on any atom is 0.308 e. The van der Waals surface area contributed by atoms with Gasteiger partial charge in [0.1, 0.15) is 0 Å². The van der Waals surface area contributed by atoms with E-state index in [2.05, 4.69) is 32.9 Å². The lowest BCUT2D eigenvalue weighted by Crippen LogP contribution is -2.13. The molecule has 17 heavy (non-hydrogen) atoms. The van der Waals surface area contributed by atoms with Gasteiger partial charge in [0.25, 0.3) is 0 Å². The molecular formula is C15H26O2. The van der Waals surface area contributed by atoms with Crippen molar-refractivity contribution in [3.63, 3.8) is 0 Å². The first-order valence-corrected chi connectivity index (χ1v) is 6.43. The van der Waals surface area contributed by atoms with Gasteiger partial charge in [-0.25, -0.2) is 0 Å². The fourth-order valence-corrected chi connectivity index (χ4v) is 1.45. The molecule has 0 aromatic carbocycles. The van der Waals surface area contributed by atoms with Crippen LogP contribution in [0.1, 0.15) is 53.9 Å². The second kappa shape index (κ2) is 9.03. The Morgan fingerprint density at radius 3 is 2.41 bits per heavy atom. The number of ether oxygens (including phenoxy) is 1. The number of allylic oxidation sites excluding steroid dienone is 4. The molecule has 0 rings (SSSR count). The van der Waals surface area contributed by atoms with E-state index in [1.54, 1.807) is 0 Å². The van der Waals surface area contributed by atoms with Crippen LogP contribution in [0.2, 0.25) is 0 Å². The zero-order valence-electron chi connectivity index (χ0n) is 11.9. The van der Waals surface area contributed by atoms with Gasteiger partial charge in [0.15, 0.2) is 0 Å². The van der Waals surface area contributed by atoms with Crippen molar-refractivity contribution in [2.24, 2.45) is 5.92 Å². The van der Waals surface area contributed by atoms with Gasteiger partial charge in [-0.05, 0) is 47.0 Å². The van der Waals surface area contributed by atoms with E-state index in [0.717, 1.165) is 19.3 Å². The highest BCUT2D eigenvalue weighted by atomic mass is 16.5. The maximum atomic E-state index is 11.4. The van der Waals surface area contributed by atoms with Crippen LogP contribution >= 0.6 is 0 Å².